The van der Waals surface area contributed by atoms with Crippen LogP contribution in [-0.4, -0.2) is 23.5 Å². The first-order valence-corrected chi connectivity index (χ1v) is 8.65. The monoisotopic (exact) mass is 408 g/mol. The summed E-state index contributed by atoms with van der Waals surface area (Å²) in [7, 11) is 0. The summed E-state index contributed by atoms with van der Waals surface area (Å²) in [4.78, 5) is 26.6. The van der Waals surface area contributed by atoms with E-state index >= 15 is 0 Å². The third-order valence-electron chi connectivity index (χ3n) is 4.38. The maximum atomic E-state index is 13.0. The molecule has 0 spiro atoms. The number of halogens is 4. The van der Waals surface area contributed by atoms with Gasteiger partial charge >= 0.3 is 6.18 Å². The number of hydrogen-bond donors (Lipinski definition) is 2. The zero-order chi connectivity index (χ0) is 21.2. The van der Waals surface area contributed by atoms with Crippen LogP contribution in [-0.2, 0) is 15.8 Å². The van der Waals surface area contributed by atoms with Crippen molar-refractivity contribution >= 4 is 23.2 Å². The molecule has 0 saturated carbocycles. The number of anilines is 2. The average Bonchev–Trinajstić information content (AvgIpc) is 2.81. The van der Waals surface area contributed by atoms with E-state index in [-0.39, 0.29) is 24.3 Å². The second-order valence-electron chi connectivity index (χ2n) is 6.39. The lowest BCUT2D eigenvalue weighted by Crippen LogP contribution is -2.36. The van der Waals surface area contributed by atoms with Crippen LogP contribution in [0, 0.1) is 5.82 Å². The van der Waals surface area contributed by atoms with Crippen molar-refractivity contribution in [1.29, 1.82) is 0 Å². The van der Waals surface area contributed by atoms with Crippen molar-refractivity contribution in [1.82, 2.24) is 0 Å². The van der Waals surface area contributed by atoms with E-state index in [1.54, 1.807) is 0 Å². The van der Waals surface area contributed by atoms with Crippen molar-refractivity contribution in [3.05, 3.63) is 71.2 Å². The number of nitrogens with zero attached hydrogens (tertiary/aromatic N) is 1. The fourth-order valence-corrected chi connectivity index (χ4v) is 2.92. The first-order valence-electron chi connectivity index (χ1n) is 8.65. The molecule has 0 saturated heterocycles. The van der Waals surface area contributed by atoms with Gasteiger partial charge in [-0.25, -0.2) is 4.39 Å². The van der Waals surface area contributed by atoms with Gasteiger partial charge in [-0.2, -0.15) is 13.2 Å². The van der Waals surface area contributed by atoms with E-state index in [1.807, 2.05) is 0 Å². The van der Waals surface area contributed by atoms with Crippen molar-refractivity contribution in [3.8, 4) is 0 Å². The van der Waals surface area contributed by atoms with Gasteiger partial charge in [0.2, 0.25) is 0 Å². The van der Waals surface area contributed by atoms with Crippen LogP contribution in [0.5, 0.6) is 0 Å². The Hall–Kier alpha value is -3.36. The number of carbonyl (C=O) groups excluding carboxylic acids is 2. The first-order chi connectivity index (χ1) is 13.7. The number of carbonyl (C=O) groups is 2. The van der Waals surface area contributed by atoms with Crippen molar-refractivity contribution in [2.45, 2.75) is 19.0 Å². The zero-order valence-electron chi connectivity index (χ0n) is 15.0. The van der Waals surface area contributed by atoms with Crippen molar-refractivity contribution < 1.29 is 32.3 Å². The molecular weight excluding hydrogens is 392 g/mol. The molecule has 0 aromatic heterocycles. The fourth-order valence-electron chi connectivity index (χ4n) is 2.92. The minimum absolute atomic E-state index is 0.0506. The maximum Gasteiger partial charge on any atom is 0.416 e. The molecule has 0 bridgehead atoms. The molecule has 2 N–H and O–H groups in total. The van der Waals surface area contributed by atoms with Crippen LogP contribution in [0.2, 0.25) is 0 Å². The molecule has 29 heavy (non-hydrogen) atoms. The smallest absolute Gasteiger partial charge is 0.416 e. The summed E-state index contributed by atoms with van der Waals surface area (Å²) < 4.78 is 51.3. The Bertz CT molecular complexity index is 951. The van der Waals surface area contributed by atoms with Crippen LogP contribution in [0.25, 0.3) is 0 Å². The molecule has 2 aromatic rings. The number of aliphatic hydroxyl groups is 1. The number of allylic oxidation sites excluding steroid dienone is 1. The molecule has 2 amide bonds. The lowest BCUT2D eigenvalue weighted by Gasteiger charge is -2.22. The van der Waals surface area contributed by atoms with Gasteiger partial charge in [-0.3, -0.25) is 9.59 Å². The van der Waals surface area contributed by atoms with Crippen LogP contribution in [0.4, 0.5) is 28.9 Å². The number of aliphatic hydroxyl groups excluding tert-OH is 1. The van der Waals surface area contributed by atoms with Crippen LogP contribution >= 0.6 is 0 Å². The predicted molar refractivity (Wildman–Crippen MR) is 97.7 cm³/mol. The van der Waals surface area contributed by atoms with E-state index in [2.05, 4.69) is 5.32 Å². The number of hydrogen-bond acceptors (Lipinski definition) is 3. The van der Waals surface area contributed by atoms with E-state index in [1.165, 1.54) is 12.1 Å². The van der Waals surface area contributed by atoms with Gasteiger partial charge in [0.25, 0.3) is 11.8 Å². The first kappa shape index (κ1) is 20.4. The van der Waals surface area contributed by atoms with Gasteiger partial charge in [0.05, 0.1) is 5.56 Å². The van der Waals surface area contributed by atoms with E-state index in [9.17, 15) is 32.3 Å². The molecule has 1 aliphatic rings. The Labute approximate surface area is 163 Å². The number of alkyl halides is 3. The Kier molecular flexibility index (Phi) is 5.58. The molecule has 0 unspecified atom stereocenters. The highest BCUT2D eigenvalue weighted by molar-refractivity contribution is 6.27. The maximum absolute atomic E-state index is 13.0. The molecule has 152 valence electrons. The average molecular weight is 408 g/mol. The molecule has 3 rings (SSSR count). The van der Waals surface area contributed by atoms with Gasteiger partial charge < -0.3 is 15.3 Å². The van der Waals surface area contributed by atoms with Gasteiger partial charge in [0, 0.05) is 24.3 Å². The van der Waals surface area contributed by atoms with Crippen molar-refractivity contribution in [2.75, 3.05) is 16.8 Å². The molecular formula is C20H16F4N2O3. The molecule has 0 radical (unpaired) electrons. The van der Waals surface area contributed by atoms with E-state index in [0.717, 1.165) is 41.3 Å². The number of rotatable bonds is 3. The van der Waals surface area contributed by atoms with Crippen LogP contribution in [0.3, 0.4) is 0 Å². The molecule has 2 aromatic carbocycles. The van der Waals surface area contributed by atoms with Gasteiger partial charge in [0.15, 0.2) is 0 Å². The van der Waals surface area contributed by atoms with E-state index in [4.69, 9.17) is 0 Å². The molecule has 0 atom stereocenters. The van der Waals surface area contributed by atoms with Crippen molar-refractivity contribution in [3.63, 3.8) is 0 Å². The van der Waals surface area contributed by atoms with E-state index < -0.39 is 40.7 Å². The lowest BCUT2D eigenvalue weighted by atomic mass is 10.1. The van der Waals surface area contributed by atoms with Gasteiger partial charge in [-0.05, 0) is 55.0 Å². The SMILES string of the molecule is O=C(Nc1ccc(F)cc1)C1=C(O)CCCN(c2ccc(C(F)(F)F)cc2)C1=O. The normalized spacial score (nSPS) is 15.3. The van der Waals surface area contributed by atoms with Gasteiger partial charge in [-0.1, -0.05) is 0 Å². The fraction of sp³-hybridized carbons (Fsp3) is 0.200. The summed E-state index contributed by atoms with van der Waals surface area (Å²) in [6.45, 7) is 0.113. The summed E-state index contributed by atoms with van der Waals surface area (Å²) in [5, 5.41) is 12.6. The predicted octanol–water partition coefficient (Wildman–Crippen LogP) is 4.42. The van der Waals surface area contributed by atoms with E-state index in [0.29, 0.717) is 6.42 Å². The minimum Gasteiger partial charge on any atom is -0.511 e. The summed E-state index contributed by atoms with van der Waals surface area (Å²) in [5.41, 5.74) is -0.984. The summed E-state index contributed by atoms with van der Waals surface area (Å²) >= 11 is 0. The quantitative estimate of drug-likeness (QED) is 0.584. The summed E-state index contributed by atoms with van der Waals surface area (Å²) in [6.07, 6.45) is -4.15. The Morgan fingerprint density at radius 3 is 2.24 bits per heavy atom. The molecule has 0 fully saturated rings. The second-order valence-corrected chi connectivity index (χ2v) is 6.39. The molecule has 1 aliphatic heterocycles. The van der Waals surface area contributed by atoms with Crippen LogP contribution in [0.1, 0.15) is 18.4 Å². The highest BCUT2D eigenvalue weighted by Gasteiger charge is 2.33. The Balaban J connectivity index is 1.86. The number of nitrogens with one attached hydrogen (secondary N) is 1. The molecule has 0 aliphatic carbocycles. The van der Waals surface area contributed by atoms with Crippen molar-refractivity contribution in [2.24, 2.45) is 0 Å². The third kappa shape index (κ3) is 4.56. The van der Waals surface area contributed by atoms with Gasteiger partial charge in [0.1, 0.15) is 17.1 Å². The molecule has 5 nitrogen and oxygen atoms in total. The zero-order valence-corrected chi connectivity index (χ0v) is 15.0. The second kappa shape index (κ2) is 7.94. The Morgan fingerprint density at radius 2 is 1.66 bits per heavy atom. The summed E-state index contributed by atoms with van der Waals surface area (Å²) in [5.74, 6) is -2.65. The molecule has 9 heteroatoms. The summed E-state index contributed by atoms with van der Waals surface area (Å²) in [6, 6.07) is 8.78. The minimum atomic E-state index is -4.51. The Morgan fingerprint density at radius 1 is 1.03 bits per heavy atom. The van der Waals surface area contributed by atoms with Crippen LogP contribution < -0.4 is 10.2 Å². The largest absolute Gasteiger partial charge is 0.511 e. The highest BCUT2D eigenvalue weighted by Crippen LogP contribution is 2.31. The number of benzene rings is 2. The standard InChI is InChI=1S/C20H16F4N2O3/c21-13-5-7-14(8-6-13)25-18(28)17-16(27)2-1-11-26(19(17)29)15-9-3-12(4-10-15)20(22,23)24/h3-10,27H,1-2,11H2,(H,25,28). The van der Waals surface area contributed by atoms with Gasteiger partial charge in [-0.15, -0.1) is 0 Å². The highest BCUT2D eigenvalue weighted by atomic mass is 19.4. The molecule has 1 heterocycles. The third-order valence-corrected chi connectivity index (χ3v) is 4.38. The number of amides is 2. The van der Waals surface area contributed by atoms with Crippen LogP contribution in [0.15, 0.2) is 59.9 Å². The lowest BCUT2D eigenvalue weighted by molar-refractivity contribution is -0.137. The topological polar surface area (TPSA) is 69.6 Å².